The number of nitrogens with zero attached hydrogens (tertiary/aromatic N) is 4. The van der Waals surface area contributed by atoms with Gasteiger partial charge in [0.25, 0.3) is 0 Å². The van der Waals surface area contributed by atoms with Crippen LogP contribution in [-0.4, -0.2) is 18.3 Å². The molecule has 0 saturated carbocycles. The third kappa shape index (κ3) is 9.45. The Bertz CT molecular complexity index is 6610. The van der Waals surface area contributed by atoms with Crippen molar-refractivity contribution in [3.63, 3.8) is 0 Å². The van der Waals surface area contributed by atoms with E-state index in [1.54, 1.807) is 0 Å². The van der Waals surface area contributed by atoms with Crippen molar-refractivity contribution in [3.05, 3.63) is 376 Å². The summed E-state index contributed by atoms with van der Waals surface area (Å²) in [6.07, 6.45) is 0. The highest BCUT2D eigenvalue weighted by atomic mass is 15.0. The van der Waals surface area contributed by atoms with Gasteiger partial charge in [-0.15, -0.1) is 0 Å². The van der Waals surface area contributed by atoms with Gasteiger partial charge in [0.1, 0.15) is 0 Å². The standard InChI is InChI=1S/C96H62N4/c1-5-21-63(22-6-1)67-39-46-77(47-40-67)97-89-36-16-13-33-81(89)84-58-70(41-48-92(84)97)71-43-50-94-86(60-71)83-35-15-18-38-91(83)100(94)80-56-75(66-27-11-4-12-28-66)53-76(57-80)74-45-52-96-88(62-74)87-61-73(44-51-95(87)99(96)79-32-20-30-69(55-79)65-25-9-3-10-26-65)72-42-49-93-85(59-72)82-34-14-17-37-90(82)98(93)78-31-19-29-68(54-78)64-23-7-2-8-24-64/h1-62H. The van der Waals surface area contributed by atoms with Gasteiger partial charge in [0.15, 0.2) is 0 Å². The van der Waals surface area contributed by atoms with Gasteiger partial charge in [0.2, 0.25) is 0 Å². The molecule has 4 nitrogen and oxygen atoms in total. The lowest BCUT2D eigenvalue weighted by Crippen LogP contribution is -1.96. The third-order valence-corrected chi connectivity index (χ3v) is 20.7. The van der Waals surface area contributed by atoms with Crippen LogP contribution in [0, 0.1) is 0 Å². The molecule has 0 bridgehead atoms. The van der Waals surface area contributed by atoms with Crippen LogP contribution >= 0.6 is 0 Å². The lowest BCUT2D eigenvalue weighted by atomic mass is 9.96. The highest BCUT2D eigenvalue weighted by molar-refractivity contribution is 6.16. The summed E-state index contributed by atoms with van der Waals surface area (Å²) in [5, 5.41) is 9.71. The van der Waals surface area contributed by atoms with E-state index in [1.165, 1.54) is 115 Å². The van der Waals surface area contributed by atoms with Gasteiger partial charge in [0.05, 0.1) is 44.1 Å². The molecule has 0 radical (unpaired) electrons. The van der Waals surface area contributed by atoms with E-state index in [9.17, 15) is 0 Å². The Morgan fingerprint density at radius 3 is 0.720 bits per heavy atom. The maximum Gasteiger partial charge on any atom is 0.0541 e. The van der Waals surface area contributed by atoms with Crippen molar-refractivity contribution in [2.24, 2.45) is 0 Å². The van der Waals surface area contributed by atoms with Crippen LogP contribution in [0.2, 0.25) is 0 Å². The van der Waals surface area contributed by atoms with Crippen LogP contribution in [0.5, 0.6) is 0 Å². The summed E-state index contributed by atoms with van der Waals surface area (Å²) in [6.45, 7) is 0. The number of para-hydroxylation sites is 3. The summed E-state index contributed by atoms with van der Waals surface area (Å²) in [6, 6.07) is 139. The Labute approximate surface area is 578 Å². The molecule has 100 heavy (non-hydrogen) atoms. The normalized spacial score (nSPS) is 11.8. The van der Waals surface area contributed by atoms with Crippen LogP contribution in [0.3, 0.4) is 0 Å². The Hall–Kier alpha value is -13.3. The fourth-order valence-corrected chi connectivity index (χ4v) is 16.0. The minimum absolute atomic E-state index is 1.10. The second kappa shape index (κ2) is 23.2. The first-order chi connectivity index (χ1) is 49.6. The Kier molecular flexibility index (Phi) is 13.2. The van der Waals surface area contributed by atoms with Crippen LogP contribution in [-0.2, 0) is 0 Å². The molecule has 0 aliphatic carbocycles. The van der Waals surface area contributed by atoms with E-state index in [4.69, 9.17) is 0 Å². The van der Waals surface area contributed by atoms with Crippen molar-refractivity contribution in [1.29, 1.82) is 0 Å². The summed E-state index contributed by atoms with van der Waals surface area (Å²) >= 11 is 0. The predicted molar refractivity (Wildman–Crippen MR) is 422 cm³/mol. The van der Waals surface area contributed by atoms with Gasteiger partial charge in [0, 0.05) is 65.8 Å². The zero-order valence-electron chi connectivity index (χ0n) is 54.6. The largest absolute Gasteiger partial charge is 0.309 e. The van der Waals surface area contributed by atoms with Crippen molar-refractivity contribution in [1.82, 2.24) is 18.3 Å². The van der Waals surface area contributed by atoms with Gasteiger partial charge >= 0.3 is 0 Å². The fourth-order valence-electron chi connectivity index (χ4n) is 16.0. The van der Waals surface area contributed by atoms with E-state index in [0.717, 1.165) is 72.6 Å². The number of hydrogen-bond donors (Lipinski definition) is 0. The average molecular weight is 1270 g/mol. The first kappa shape index (κ1) is 57.0. The van der Waals surface area contributed by atoms with E-state index in [-0.39, 0.29) is 0 Å². The van der Waals surface area contributed by atoms with E-state index in [0.29, 0.717) is 0 Å². The molecule has 20 aromatic rings. The molecule has 20 rings (SSSR count). The Balaban J connectivity index is 0.729. The minimum Gasteiger partial charge on any atom is -0.309 e. The van der Waals surface area contributed by atoms with Crippen molar-refractivity contribution < 1.29 is 0 Å². The van der Waals surface area contributed by atoms with E-state index < -0.39 is 0 Å². The molecule has 4 aromatic heterocycles. The highest BCUT2D eigenvalue weighted by Crippen LogP contribution is 2.44. The number of hydrogen-bond acceptors (Lipinski definition) is 0. The molecule has 4 heterocycles. The van der Waals surface area contributed by atoms with Crippen molar-refractivity contribution >= 4 is 87.2 Å². The van der Waals surface area contributed by atoms with Crippen LogP contribution in [0.4, 0.5) is 0 Å². The second-order valence-electron chi connectivity index (χ2n) is 26.4. The molecule has 16 aromatic carbocycles. The van der Waals surface area contributed by atoms with E-state index >= 15 is 0 Å². The van der Waals surface area contributed by atoms with Gasteiger partial charge < -0.3 is 18.3 Å². The van der Waals surface area contributed by atoms with Gasteiger partial charge in [-0.2, -0.15) is 0 Å². The van der Waals surface area contributed by atoms with Crippen LogP contribution in [0.15, 0.2) is 376 Å². The molecular weight excluding hydrogens is 1210 g/mol. The molecule has 0 amide bonds. The van der Waals surface area contributed by atoms with Crippen molar-refractivity contribution in [2.75, 3.05) is 0 Å². The van der Waals surface area contributed by atoms with Gasteiger partial charge in [-0.05, 0) is 211 Å². The van der Waals surface area contributed by atoms with Crippen LogP contribution in [0.25, 0.3) is 188 Å². The van der Waals surface area contributed by atoms with E-state index in [1.807, 2.05) is 0 Å². The number of rotatable bonds is 11. The summed E-state index contributed by atoms with van der Waals surface area (Å²) in [7, 11) is 0. The summed E-state index contributed by atoms with van der Waals surface area (Å²) in [5.41, 5.74) is 30.3. The zero-order valence-corrected chi connectivity index (χ0v) is 54.6. The smallest absolute Gasteiger partial charge is 0.0541 e. The molecule has 0 unspecified atom stereocenters. The summed E-state index contributed by atoms with van der Waals surface area (Å²) in [4.78, 5) is 0. The molecule has 0 N–H and O–H groups in total. The maximum atomic E-state index is 2.48. The van der Waals surface area contributed by atoms with Crippen LogP contribution < -0.4 is 0 Å². The lowest BCUT2D eigenvalue weighted by molar-refractivity contribution is 1.18. The average Bonchev–Trinajstić information content (AvgIpc) is 1.59. The fraction of sp³-hybridized carbons (Fsp3) is 0. The molecule has 0 aliphatic heterocycles. The van der Waals surface area contributed by atoms with Gasteiger partial charge in [-0.1, -0.05) is 243 Å². The number of fused-ring (bicyclic) bond motifs is 12. The quantitative estimate of drug-likeness (QED) is 0.123. The molecule has 4 heteroatoms. The van der Waals surface area contributed by atoms with Crippen molar-refractivity contribution in [2.45, 2.75) is 0 Å². The maximum absolute atomic E-state index is 2.48. The Morgan fingerprint density at radius 2 is 0.340 bits per heavy atom. The number of benzene rings is 16. The molecule has 0 aliphatic rings. The third-order valence-electron chi connectivity index (χ3n) is 20.7. The monoisotopic (exact) mass is 1270 g/mol. The topological polar surface area (TPSA) is 19.7 Å². The van der Waals surface area contributed by atoms with Gasteiger partial charge in [-0.3, -0.25) is 0 Å². The van der Waals surface area contributed by atoms with Gasteiger partial charge in [-0.25, -0.2) is 0 Å². The zero-order chi connectivity index (χ0) is 65.8. The molecular formula is C96H62N4. The minimum atomic E-state index is 1.10. The highest BCUT2D eigenvalue weighted by Gasteiger charge is 2.22. The first-order valence-corrected chi connectivity index (χ1v) is 34.4. The molecule has 0 atom stereocenters. The molecule has 0 spiro atoms. The SMILES string of the molecule is c1ccc(-c2ccc(-n3c4ccccc4c4cc(-c5ccc6c(c5)c5ccccc5n6-c5cc(-c6ccccc6)cc(-c6ccc7c(c6)c6cc(-c8ccc9c(c8)c8ccccc8n9-c8cccc(-c9ccccc9)c8)ccc6n7-c6cccc(-c7ccccc7)c6)c5)ccc43)cc2)cc1. The Morgan fingerprint density at radius 1 is 0.110 bits per heavy atom. The molecule has 0 saturated heterocycles. The summed E-state index contributed by atoms with van der Waals surface area (Å²) < 4.78 is 9.78. The predicted octanol–water partition coefficient (Wildman–Crippen LogP) is 25.7. The second-order valence-corrected chi connectivity index (χ2v) is 26.4. The number of aromatic nitrogens is 4. The first-order valence-electron chi connectivity index (χ1n) is 34.4. The summed E-state index contributed by atoms with van der Waals surface area (Å²) in [5.74, 6) is 0. The van der Waals surface area contributed by atoms with E-state index in [2.05, 4.69) is 394 Å². The van der Waals surface area contributed by atoms with Crippen LogP contribution in [0.1, 0.15) is 0 Å². The van der Waals surface area contributed by atoms with Crippen molar-refractivity contribution in [3.8, 4) is 101 Å². The molecule has 0 fully saturated rings. The lowest BCUT2D eigenvalue weighted by Gasteiger charge is -2.15. The molecule has 466 valence electrons.